The molecule has 2 rings (SSSR count). The maximum Gasteiger partial charge on any atom is 1.00 e. The maximum atomic E-state index is 11.3. The van der Waals surface area contributed by atoms with Gasteiger partial charge in [-0.25, -0.2) is 0 Å². The van der Waals surface area contributed by atoms with Gasteiger partial charge in [-0.15, -0.1) is 0 Å². The summed E-state index contributed by atoms with van der Waals surface area (Å²) in [6.45, 7) is 0. The summed E-state index contributed by atoms with van der Waals surface area (Å²) in [7, 11) is 0. The van der Waals surface area contributed by atoms with E-state index in [1.807, 2.05) is 0 Å². The Hall–Kier alpha value is -0.900. The van der Waals surface area contributed by atoms with Gasteiger partial charge in [-0.1, -0.05) is 23.9 Å². The molecule has 0 aliphatic rings. The number of aldehydes is 1. The number of rotatable bonds is 1. The largest absolute Gasteiger partial charge is 1.00 e. The normalized spacial score (nSPS) is 9.43. The number of carbonyl (C=O) groups is 1. The Bertz CT molecular complexity index is 471. The molecule has 0 aliphatic heterocycles. The van der Waals surface area contributed by atoms with Gasteiger partial charge in [-0.3, -0.25) is 9.78 Å². The number of benzene rings is 1. The van der Waals surface area contributed by atoms with E-state index >= 15 is 0 Å². The van der Waals surface area contributed by atoms with Crippen molar-refractivity contribution in [1.29, 1.82) is 0 Å². The van der Waals surface area contributed by atoms with Crippen molar-refractivity contribution in [1.82, 2.24) is 4.98 Å². The van der Waals surface area contributed by atoms with Gasteiger partial charge < -0.3 is 5.11 Å². The summed E-state index contributed by atoms with van der Waals surface area (Å²) in [6, 6.07) is 6.29. The second-order valence-electron chi connectivity index (χ2n) is 2.67. The summed E-state index contributed by atoms with van der Waals surface area (Å²) in [5.41, 5.74) is 0.856. The summed E-state index contributed by atoms with van der Waals surface area (Å²) in [4.78, 5) is 14.5. The first-order valence-corrected chi connectivity index (χ1v) is 3.83. The number of hydrogen-bond acceptors (Lipinski definition) is 3. The summed E-state index contributed by atoms with van der Waals surface area (Å²) in [6.07, 6.45) is 2.27. The number of nitrogens with zero attached hydrogens (tertiary/aromatic N) is 1. The topological polar surface area (TPSA) is 53.0 Å². The molecule has 0 saturated heterocycles. The molecule has 1 aromatic heterocycles. The quantitative estimate of drug-likeness (QED) is 0.395. The van der Waals surface area contributed by atoms with Crippen molar-refractivity contribution in [3.63, 3.8) is 0 Å². The van der Waals surface area contributed by atoms with E-state index in [2.05, 4.69) is 4.98 Å². The molecule has 3 nitrogen and oxygen atoms in total. The second kappa shape index (κ2) is 4.55. The Morgan fingerprint density at radius 2 is 2.07 bits per heavy atom. The summed E-state index contributed by atoms with van der Waals surface area (Å²) in [5.74, 6) is -0.152. The van der Waals surface area contributed by atoms with E-state index in [0.29, 0.717) is 16.5 Å². The van der Waals surface area contributed by atoms with Crippen LogP contribution in [0, 0.1) is 0 Å². The van der Waals surface area contributed by atoms with Crippen LogP contribution in [0.2, 0.25) is 0 Å². The number of carbonyl (C=O) groups excluding carboxylic acids is 1. The van der Waals surface area contributed by atoms with Crippen molar-refractivity contribution in [2.24, 2.45) is 0 Å². The number of hydrogen-bond donors (Lipinski definition) is 0. The molecule has 0 saturated carbocycles. The fourth-order valence-corrected chi connectivity index (χ4v) is 1.27. The van der Waals surface area contributed by atoms with Gasteiger partial charge in [0.2, 0.25) is 0 Å². The standard InChI is InChI=1S/C10H7NO2.Na/c12-6-7-3-4-9(13)10-8(7)2-1-5-11-10;/h1-6,13H;/q;+1/p-1. The van der Waals surface area contributed by atoms with E-state index in [4.69, 9.17) is 0 Å². The third-order valence-electron chi connectivity index (χ3n) is 1.89. The van der Waals surface area contributed by atoms with E-state index in [-0.39, 0.29) is 35.3 Å². The predicted molar refractivity (Wildman–Crippen MR) is 46.6 cm³/mol. The molecule has 0 fully saturated rings. The zero-order valence-corrected chi connectivity index (χ0v) is 9.73. The average molecular weight is 195 g/mol. The van der Waals surface area contributed by atoms with Crippen molar-refractivity contribution in [3.05, 3.63) is 36.0 Å². The molecule has 14 heavy (non-hydrogen) atoms. The van der Waals surface area contributed by atoms with Crippen molar-refractivity contribution >= 4 is 17.2 Å². The SMILES string of the molecule is O=Cc1ccc([O-])c2ncccc12.[Na+]. The Balaban J connectivity index is 0.000000980. The first-order valence-electron chi connectivity index (χ1n) is 3.83. The average Bonchev–Trinajstić information content (AvgIpc) is 2.19. The first-order chi connectivity index (χ1) is 6.33. The molecule has 0 radical (unpaired) electrons. The molecule has 0 atom stereocenters. The van der Waals surface area contributed by atoms with Crippen LogP contribution in [0.3, 0.4) is 0 Å². The molecule has 0 aliphatic carbocycles. The van der Waals surface area contributed by atoms with Crippen LogP contribution in [0.5, 0.6) is 5.75 Å². The molecule has 0 spiro atoms. The molecular formula is C10H6NNaO2. The third kappa shape index (κ3) is 1.80. The fourth-order valence-electron chi connectivity index (χ4n) is 1.27. The molecule has 0 N–H and O–H groups in total. The van der Waals surface area contributed by atoms with Crippen LogP contribution >= 0.6 is 0 Å². The van der Waals surface area contributed by atoms with Crippen LogP contribution in [-0.4, -0.2) is 11.3 Å². The molecule has 0 amide bonds. The van der Waals surface area contributed by atoms with E-state index in [0.717, 1.165) is 6.29 Å². The van der Waals surface area contributed by atoms with Gasteiger partial charge >= 0.3 is 29.6 Å². The van der Waals surface area contributed by atoms with Crippen LogP contribution in [0.4, 0.5) is 0 Å². The summed E-state index contributed by atoms with van der Waals surface area (Å²) in [5, 5.41) is 11.9. The van der Waals surface area contributed by atoms with Gasteiger partial charge in [0.1, 0.15) is 0 Å². The molecule has 0 unspecified atom stereocenters. The van der Waals surface area contributed by atoms with Crippen molar-refractivity contribution in [2.75, 3.05) is 0 Å². The second-order valence-corrected chi connectivity index (χ2v) is 2.67. The van der Waals surface area contributed by atoms with Crippen LogP contribution < -0.4 is 34.7 Å². The smallest absolute Gasteiger partial charge is 0.871 e. The zero-order valence-electron chi connectivity index (χ0n) is 7.73. The zero-order chi connectivity index (χ0) is 9.26. The third-order valence-corrected chi connectivity index (χ3v) is 1.89. The number of pyridine rings is 1. The molecule has 0 bridgehead atoms. The Morgan fingerprint density at radius 3 is 2.79 bits per heavy atom. The Kier molecular flexibility index (Phi) is 3.63. The van der Waals surface area contributed by atoms with Gasteiger partial charge in [0.05, 0.1) is 5.52 Å². The van der Waals surface area contributed by atoms with Gasteiger partial charge in [-0.05, 0) is 6.07 Å². The monoisotopic (exact) mass is 195 g/mol. The Morgan fingerprint density at radius 1 is 1.29 bits per heavy atom. The van der Waals surface area contributed by atoms with Crippen LogP contribution in [-0.2, 0) is 0 Å². The molecule has 64 valence electrons. The number of aromatic nitrogens is 1. The van der Waals surface area contributed by atoms with E-state index in [1.54, 1.807) is 12.1 Å². The van der Waals surface area contributed by atoms with E-state index < -0.39 is 0 Å². The minimum Gasteiger partial charge on any atom is -0.871 e. The van der Waals surface area contributed by atoms with Crippen LogP contribution in [0.25, 0.3) is 10.9 Å². The molecule has 1 heterocycles. The predicted octanol–water partition coefficient (Wildman–Crippen LogP) is -1.88. The van der Waals surface area contributed by atoms with Gasteiger partial charge in [0, 0.05) is 17.1 Å². The van der Waals surface area contributed by atoms with Crippen molar-refractivity contribution < 1.29 is 39.5 Å². The fraction of sp³-hybridized carbons (Fsp3) is 0. The van der Waals surface area contributed by atoms with Gasteiger partial charge in [-0.2, -0.15) is 0 Å². The number of fused-ring (bicyclic) bond motifs is 1. The molecular weight excluding hydrogens is 189 g/mol. The minimum absolute atomic E-state index is 0. The molecule has 1 aromatic carbocycles. The van der Waals surface area contributed by atoms with Crippen LogP contribution in [0.15, 0.2) is 30.5 Å². The van der Waals surface area contributed by atoms with E-state index in [9.17, 15) is 9.90 Å². The molecule has 4 heteroatoms. The summed E-state index contributed by atoms with van der Waals surface area (Å²) >= 11 is 0. The summed E-state index contributed by atoms with van der Waals surface area (Å²) < 4.78 is 0. The first kappa shape index (κ1) is 11.2. The molecule has 2 aromatic rings. The van der Waals surface area contributed by atoms with Crippen LogP contribution in [0.1, 0.15) is 10.4 Å². The van der Waals surface area contributed by atoms with Gasteiger partial charge in [0.25, 0.3) is 0 Å². The Labute approximate surface area is 103 Å². The van der Waals surface area contributed by atoms with E-state index in [1.165, 1.54) is 18.3 Å². The van der Waals surface area contributed by atoms with Crippen molar-refractivity contribution in [3.8, 4) is 5.75 Å². The minimum atomic E-state index is -0.152. The van der Waals surface area contributed by atoms with Crippen molar-refractivity contribution in [2.45, 2.75) is 0 Å². The van der Waals surface area contributed by atoms with Gasteiger partial charge in [0.15, 0.2) is 6.29 Å². The maximum absolute atomic E-state index is 11.3.